The van der Waals surface area contributed by atoms with Gasteiger partial charge in [-0.2, -0.15) is 0 Å². The number of benzene rings is 1. The summed E-state index contributed by atoms with van der Waals surface area (Å²) in [4.78, 5) is 15.1. The quantitative estimate of drug-likeness (QED) is 0.797. The van der Waals surface area contributed by atoms with E-state index in [-0.39, 0.29) is 17.9 Å². The summed E-state index contributed by atoms with van der Waals surface area (Å²) >= 11 is 0. The van der Waals surface area contributed by atoms with Crippen molar-refractivity contribution in [2.75, 3.05) is 13.1 Å². The fraction of sp³-hybridized carbons (Fsp3) is 0.611. The molecule has 2 unspecified atom stereocenters. The van der Waals surface area contributed by atoms with Gasteiger partial charge in [0.25, 0.3) is 0 Å². The van der Waals surface area contributed by atoms with Gasteiger partial charge in [-0.05, 0) is 38.3 Å². The molecule has 2 N–H and O–H groups in total. The maximum atomic E-state index is 13.1. The molecule has 3 nitrogen and oxygen atoms in total. The Bertz CT molecular complexity index is 416. The van der Waals surface area contributed by atoms with Crippen LogP contribution < -0.4 is 5.73 Å². The summed E-state index contributed by atoms with van der Waals surface area (Å²) in [6.07, 6.45) is 1.85. The second-order valence-corrected chi connectivity index (χ2v) is 6.04. The van der Waals surface area contributed by atoms with E-state index in [0.29, 0.717) is 12.5 Å². The van der Waals surface area contributed by atoms with Crippen LogP contribution in [0.5, 0.6) is 0 Å². The molecule has 1 amide bonds. The van der Waals surface area contributed by atoms with Crippen molar-refractivity contribution in [3.05, 3.63) is 35.9 Å². The lowest BCUT2D eigenvalue weighted by Crippen LogP contribution is -2.42. The lowest BCUT2D eigenvalue weighted by atomic mass is 9.84. The predicted molar refractivity (Wildman–Crippen MR) is 89.2 cm³/mol. The van der Waals surface area contributed by atoms with E-state index in [4.69, 9.17) is 5.73 Å². The summed E-state index contributed by atoms with van der Waals surface area (Å²) in [5, 5.41) is 0. The standard InChI is InChI=1S/C18H30N2O/c1-5-15(4)17(16-10-7-6-8-11-16)18(21)20(14(2)3)13-9-12-19/h6-8,10-11,14-15,17H,5,9,12-13,19H2,1-4H3. The SMILES string of the molecule is CCC(C)C(C(=O)N(CCCN)C(C)C)c1ccccc1. The highest BCUT2D eigenvalue weighted by Gasteiger charge is 2.30. The molecule has 0 heterocycles. The molecule has 0 bridgehead atoms. The van der Waals surface area contributed by atoms with Crippen LogP contribution in [0.1, 0.15) is 52.0 Å². The highest BCUT2D eigenvalue weighted by Crippen LogP contribution is 2.29. The maximum Gasteiger partial charge on any atom is 0.230 e. The monoisotopic (exact) mass is 290 g/mol. The van der Waals surface area contributed by atoms with Crippen LogP contribution in [0, 0.1) is 5.92 Å². The Kier molecular flexibility index (Phi) is 7.44. The third-order valence-corrected chi connectivity index (χ3v) is 4.15. The van der Waals surface area contributed by atoms with Crippen LogP contribution in [0.3, 0.4) is 0 Å². The van der Waals surface area contributed by atoms with Crippen LogP contribution in [-0.2, 0) is 4.79 Å². The minimum Gasteiger partial charge on any atom is -0.340 e. The third kappa shape index (κ3) is 4.85. The zero-order valence-electron chi connectivity index (χ0n) is 13.9. The number of hydrogen-bond acceptors (Lipinski definition) is 2. The molecule has 1 rings (SSSR count). The van der Waals surface area contributed by atoms with Crippen LogP contribution in [0.15, 0.2) is 30.3 Å². The first-order valence-corrected chi connectivity index (χ1v) is 8.08. The van der Waals surface area contributed by atoms with Crippen molar-refractivity contribution in [2.45, 2.75) is 52.5 Å². The summed E-state index contributed by atoms with van der Waals surface area (Å²) < 4.78 is 0. The van der Waals surface area contributed by atoms with Crippen molar-refractivity contribution in [3.63, 3.8) is 0 Å². The van der Waals surface area contributed by atoms with E-state index in [0.717, 1.165) is 24.9 Å². The summed E-state index contributed by atoms with van der Waals surface area (Å²) in [6, 6.07) is 10.4. The molecule has 0 spiro atoms. The van der Waals surface area contributed by atoms with E-state index in [2.05, 4.69) is 39.8 Å². The normalized spacial score (nSPS) is 14.0. The Morgan fingerprint density at radius 2 is 1.81 bits per heavy atom. The van der Waals surface area contributed by atoms with Crippen molar-refractivity contribution >= 4 is 5.91 Å². The van der Waals surface area contributed by atoms with Crippen LogP contribution in [0.2, 0.25) is 0 Å². The van der Waals surface area contributed by atoms with Gasteiger partial charge in [0.1, 0.15) is 0 Å². The van der Waals surface area contributed by atoms with Crippen molar-refractivity contribution in [1.29, 1.82) is 0 Å². The van der Waals surface area contributed by atoms with Crippen LogP contribution in [0.25, 0.3) is 0 Å². The minimum atomic E-state index is -0.0589. The van der Waals surface area contributed by atoms with E-state index in [9.17, 15) is 4.79 Å². The first kappa shape index (κ1) is 17.7. The second-order valence-electron chi connectivity index (χ2n) is 6.04. The highest BCUT2D eigenvalue weighted by atomic mass is 16.2. The van der Waals surface area contributed by atoms with Gasteiger partial charge in [0.15, 0.2) is 0 Å². The Balaban J connectivity index is 3.04. The fourth-order valence-electron chi connectivity index (χ4n) is 2.67. The molecule has 1 aromatic carbocycles. The van der Waals surface area contributed by atoms with Gasteiger partial charge in [-0.3, -0.25) is 4.79 Å². The number of carbonyl (C=O) groups is 1. The molecule has 21 heavy (non-hydrogen) atoms. The van der Waals surface area contributed by atoms with E-state index < -0.39 is 0 Å². The van der Waals surface area contributed by atoms with Gasteiger partial charge in [-0.15, -0.1) is 0 Å². The molecule has 0 aliphatic carbocycles. The molecule has 3 heteroatoms. The molecule has 0 radical (unpaired) electrons. The Morgan fingerprint density at radius 3 is 2.29 bits per heavy atom. The number of nitrogens with two attached hydrogens (primary N) is 1. The summed E-state index contributed by atoms with van der Waals surface area (Å²) in [6.45, 7) is 9.83. The number of carbonyl (C=O) groups excluding carboxylic acids is 1. The molecule has 2 atom stereocenters. The van der Waals surface area contributed by atoms with E-state index in [1.54, 1.807) is 0 Å². The average Bonchev–Trinajstić information content (AvgIpc) is 2.48. The molecule has 0 saturated carbocycles. The smallest absolute Gasteiger partial charge is 0.230 e. The third-order valence-electron chi connectivity index (χ3n) is 4.15. The lowest BCUT2D eigenvalue weighted by Gasteiger charge is -2.33. The molecular weight excluding hydrogens is 260 g/mol. The van der Waals surface area contributed by atoms with E-state index in [1.807, 2.05) is 23.1 Å². The first-order valence-electron chi connectivity index (χ1n) is 8.08. The highest BCUT2D eigenvalue weighted by molar-refractivity contribution is 5.84. The molecular formula is C18H30N2O. The van der Waals surface area contributed by atoms with E-state index >= 15 is 0 Å². The largest absolute Gasteiger partial charge is 0.340 e. The number of nitrogens with zero attached hydrogens (tertiary/aromatic N) is 1. The number of amides is 1. The number of rotatable bonds is 8. The lowest BCUT2D eigenvalue weighted by molar-refractivity contribution is -0.135. The van der Waals surface area contributed by atoms with Crippen molar-refractivity contribution in [2.24, 2.45) is 11.7 Å². The molecule has 0 saturated heterocycles. The zero-order chi connectivity index (χ0) is 15.8. The average molecular weight is 290 g/mol. The van der Waals surface area contributed by atoms with Gasteiger partial charge in [0, 0.05) is 12.6 Å². The second kappa shape index (κ2) is 8.83. The topological polar surface area (TPSA) is 46.3 Å². The molecule has 1 aromatic rings. The minimum absolute atomic E-state index is 0.0589. The predicted octanol–water partition coefficient (Wildman–Crippen LogP) is 3.40. The summed E-state index contributed by atoms with van der Waals surface area (Å²) in [5.74, 6) is 0.509. The van der Waals surface area contributed by atoms with Gasteiger partial charge in [-0.1, -0.05) is 50.6 Å². The van der Waals surface area contributed by atoms with Gasteiger partial charge in [-0.25, -0.2) is 0 Å². The van der Waals surface area contributed by atoms with Gasteiger partial charge >= 0.3 is 0 Å². The Hall–Kier alpha value is -1.35. The van der Waals surface area contributed by atoms with Gasteiger partial charge in [0.05, 0.1) is 5.92 Å². The van der Waals surface area contributed by atoms with E-state index in [1.165, 1.54) is 0 Å². The van der Waals surface area contributed by atoms with Crippen LogP contribution in [0.4, 0.5) is 0 Å². The molecule has 0 aliphatic rings. The molecule has 0 fully saturated rings. The summed E-state index contributed by atoms with van der Waals surface area (Å²) in [7, 11) is 0. The van der Waals surface area contributed by atoms with Crippen LogP contribution >= 0.6 is 0 Å². The number of hydrogen-bond donors (Lipinski definition) is 1. The van der Waals surface area contributed by atoms with Crippen molar-refractivity contribution in [3.8, 4) is 0 Å². The van der Waals surface area contributed by atoms with Gasteiger partial charge < -0.3 is 10.6 Å². The molecule has 118 valence electrons. The summed E-state index contributed by atoms with van der Waals surface area (Å²) in [5.41, 5.74) is 6.73. The van der Waals surface area contributed by atoms with Crippen molar-refractivity contribution < 1.29 is 4.79 Å². The van der Waals surface area contributed by atoms with Gasteiger partial charge in [0.2, 0.25) is 5.91 Å². The zero-order valence-corrected chi connectivity index (χ0v) is 13.9. The van der Waals surface area contributed by atoms with Crippen molar-refractivity contribution in [1.82, 2.24) is 4.90 Å². The first-order chi connectivity index (χ1) is 10.0. The van der Waals surface area contributed by atoms with Crippen LogP contribution in [-0.4, -0.2) is 29.9 Å². The Labute approximate surface area is 129 Å². The molecule has 0 aromatic heterocycles. The molecule has 0 aliphatic heterocycles. The fourth-order valence-corrected chi connectivity index (χ4v) is 2.67. The Morgan fingerprint density at radius 1 is 1.19 bits per heavy atom. The maximum absolute atomic E-state index is 13.1.